The van der Waals surface area contributed by atoms with Crippen molar-refractivity contribution in [1.29, 1.82) is 0 Å². The van der Waals surface area contributed by atoms with E-state index in [4.69, 9.17) is 14.2 Å². The minimum absolute atomic E-state index is 0.144. The Hall–Kier alpha value is -3.78. The smallest absolute Gasteiger partial charge is 0.266 e. The first-order chi connectivity index (χ1) is 16.0. The molecule has 0 bridgehead atoms. The van der Waals surface area contributed by atoms with Crippen LogP contribution in [-0.4, -0.2) is 85.8 Å². The van der Waals surface area contributed by atoms with Crippen molar-refractivity contribution in [2.24, 2.45) is 5.10 Å². The number of nitrogens with zero attached hydrogens (tertiary/aromatic N) is 7. The zero-order valence-electron chi connectivity index (χ0n) is 18.0. The molecule has 176 valence electrons. The Kier molecular flexibility index (Phi) is 6.95. The molecule has 1 N–H and O–H groups in total. The molecule has 0 atom stereocenters. The maximum atomic E-state index is 12.0. The van der Waals surface area contributed by atoms with Crippen molar-refractivity contribution in [1.82, 2.24) is 15.0 Å². The molecule has 33 heavy (non-hydrogen) atoms. The lowest BCUT2D eigenvalue weighted by molar-refractivity contribution is -0.398. The summed E-state index contributed by atoms with van der Waals surface area (Å²) in [4.78, 5) is 27.9. The van der Waals surface area contributed by atoms with Crippen LogP contribution in [0.2, 0.25) is 0 Å². The Morgan fingerprint density at radius 3 is 2.15 bits per heavy atom. The third kappa shape index (κ3) is 5.35. The highest BCUT2D eigenvalue weighted by Gasteiger charge is 2.20. The van der Waals surface area contributed by atoms with E-state index in [1.54, 1.807) is 0 Å². The number of hydrogen-bond donors (Lipinski definition) is 1. The quantitative estimate of drug-likeness (QED) is 0.335. The molecule has 2 aliphatic rings. The van der Waals surface area contributed by atoms with Crippen LogP contribution in [0, 0.1) is 10.1 Å². The van der Waals surface area contributed by atoms with E-state index in [0.717, 1.165) is 6.07 Å². The molecule has 2 aromatic rings. The molecule has 0 amide bonds. The number of anilines is 3. The third-order valence-electron chi connectivity index (χ3n) is 5.05. The first-order valence-corrected chi connectivity index (χ1v) is 10.3. The second kappa shape index (κ2) is 10.2. The third-order valence-corrected chi connectivity index (χ3v) is 5.05. The molecule has 0 spiro atoms. The summed E-state index contributed by atoms with van der Waals surface area (Å²) < 4.78 is 15.8. The van der Waals surface area contributed by atoms with E-state index in [0.29, 0.717) is 70.1 Å². The van der Waals surface area contributed by atoms with Gasteiger partial charge in [0.15, 0.2) is 0 Å². The van der Waals surface area contributed by atoms with E-state index in [2.05, 4.69) is 25.5 Å². The van der Waals surface area contributed by atoms with Gasteiger partial charge in [-0.3, -0.25) is 10.1 Å². The Labute approximate surface area is 189 Å². The highest BCUT2D eigenvalue weighted by Crippen LogP contribution is 2.34. The lowest BCUT2D eigenvalue weighted by atomic mass is 10.2. The van der Waals surface area contributed by atoms with E-state index in [9.17, 15) is 15.2 Å². The van der Waals surface area contributed by atoms with Crippen molar-refractivity contribution in [3.63, 3.8) is 0 Å². The minimum Gasteiger partial charge on any atom is -0.865 e. The number of nitro groups is 1. The minimum atomic E-state index is -0.796. The number of nitrogens with one attached hydrogen (secondary N) is 1. The SMILES string of the molecule is COc1cc(/C=N\Nc2nc(N3CCOCC3)nc(N3CCOCC3)n2)cc([N+](=O)[O-])c1[O-]. The summed E-state index contributed by atoms with van der Waals surface area (Å²) in [5, 5.41) is 27.2. The van der Waals surface area contributed by atoms with Gasteiger partial charge in [0.05, 0.1) is 44.7 Å². The molecule has 0 aliphatic carbocycles. The van der Waals surface area contributed by atoms with Gasteiger partial charge in [-0.05, 0) is 6.07 Å². The molecule has 4 rings (SSSR count). The maximum Gasteiger partial charge on any atom is 0.266 e. The van der Waals surface area contributed by atoms with Crippen LogP contribution in [0.4, 0.5) is 23.5 Å². The van der Waals surface area contributed by atoms with E-state index in [1.165, 1.54) is 19.4 Å². The standard InChI is InChI=1S/C19H24N8O6/c1-31-15-11-13(10-14(16(15)28)27(29)30)12-20-24-17-21-18(25-2-6-32-7-3-25)23-19(22-17)26-4-8-33-9-5-26/h10-12,28H,2-9H2,1H3,(H,21,22,23,24)/p-1/b20-12-. The molecule has 0 saturated carbocycles. The Bertz CT molecular complexity index is 987. The second-order valence-corrected chi connectivity index (χ2v) is 7.16. The van der Waals surface area contributed by atoms with Crippen LogP contribution in [0.3, 0.4) is 0 Å². The second-order valence-electron chi connectivity index (χ2n) is 7.16. The summed E-state index contributed by atoms with van der Waals surface area (Å²) in [5.74, 6) is 0.276. The van der Waals surface area contributed by atoms with Crippen molar-refractivity contribution in [3.8, 4) is 11.5 Å². The van der Waals surface area contributed by atoms with Crippen molar-refractivity contribution >= 4 is 29.7 Å². The van der Waals surface area contributed by atoms with Gasteiger partial charge in [0.25, 0.3) is 5.69 Å². The molecule has 2 saturated heterocycles. The summed E-state index contributed by atoms with van der Waals surface area (Å²) in [5.41, 5.74) is 2.47. The number of hydrazone groups is 1. The summed E-state index contributed by atoms with van der Waals surface area (Å²) in [6, 6.07) is 2.49. The van der Waals surface area contributed by atoms with E-state index >= 15 is 0 Å². The lowest BCUT2D eigenvalue weighted by Crippen LogP contribution is -2.40. The topological polar surface area (TPSA) is 163 Å². The van der Waals surface area contributed by atoms with Crippen LogP contribution in [0.5, 0.6) is 11.5 Å². The van der Waals surface area contributed by atoms with Crippen molar-refractivity contribution < 1.29 is 24.2 Å². The van der Waals surface area contributed by atoms with Crippen LogP contribution in [0.25, 0.3) is 0 Å². The van der Waals surface area contributed by atoms with Gasteiger partial charge in [0.2, 0.25) is 17.8 Å². The number of methoxy groups -OCH3 is 1. The molecular formula is C19H23N8O6-. The summed E-state index contributed by atoms with van der Waals surface area (Å²) in [7, 11) is 1.27. The van der Waals surface area contributed by atoms with Gasteiger partial charge < -0.3 is 29.1 Å². The van der Waals surface area contributed by atoms with Gasteiger partial charge in [-0.25, -0.2) is 5.43 Å². The van der Waals surface area contributed by atoms with E-state index in [1.807, 2.05) is 9.80 Å². The number of ether oxygens (including phenoxy) is 3. The highest BCUT2D eigenvalue weighted by molar-refractivity contribution is 5.83. The highest BCUT2D eigenvalue weighted by atomic mass is 16.6. The summed E-state index contributed by atoms with van der Waals surface area (Å²) >= 11 is 0. The molecule has 1 aromatic heterocycles. The fraction of sp³-hybridized carbons (Fsp3) is 0.474. The zero-order valence-corrected chi connectivity index (χ0v) is 18.0. The van der Waals surface area contributed by atoms with E-state index in [-0.39, 0.29) is 11.7 Å². The van der Waals surface area contributed by atoms with Crippen LogP contribution in [0.15, 0.2) is 17.2 Å². The fourth-order valence-corrected chi connectivity index (χ4v) is 3.35. The molecule has 1 aromatic carbocycles. The zero-order chi connectivity index (χ0) is 23.2. The summed E-state index contributed by atoms with van der Waals surface area (Å²) in [6.07, 6.45) is 1.32. The number of aromatic nitrogens is 3. The Morgan fingerprint density at radius 1 is 1.06 bits per heavy atom. The first-order valence-electron chi connectivity index (χ1n) is 10.3. The number of benzene rings is 1. The summed E-state index contributed by atoms with van der Waals surface area (Å²) in [6.45, 7) is 4.93. The van der Waals surface area contributed by atoms with Crippen molar-refractivity contribution in [2.75, 3.05) is 74.9 Å². The molecular weight excluding hydrogens is 436 g/mol. The molecule has 14 nitrogen and oxygen atoms in total. The van der Waals surface area contributed by atoms with E-state index < -0.39 is 16.4 Å². The monoisotopic (exact) mass is 459 g/mol. The van der Waals surface area contributed by atoms with Gasteiger partial charge in [-0.15, -0.1) is 0 Å². The van der Waals surface area contributed by atoms with Gasteiger partial charge in [0, 0.05) is 43.6 Å². The molecule has 2 aliphatic heterocycles. The van der Waals surface area contributed by atoms with Crippen molar-refractivity contribution in [3.05, 3.63) is 27.8 Å². The molecule has 2 fully saturated rings. The molecule has 0 radical (unpaired) electrons. The van der Waals surface area contributed by atoms with Crippen LogP contribution in [-0.2, 0) is 9.47 Å². The molecule has 0 unspecified atom stereocenters. The maximum absolute atomic E-state index is 12.0. The number of rotatable bonds is 7. The fourth-order valence-electron chi connectivity index (χ4n) is 3.35. The average Bonchev–Trinajstić information content (AvgIpc) is 2.85. The van der Waals surface area contributed by atoms with Gasteiger partial charge >= 0.3 is 0 Å². The average molecular weight is 459 g/mol. The molecule has 3 heterocycles. The number of nitro benzene ring substituents is 1. The Morgan fingerprint density at radius 2 is 1.64 bits per heavy atom. The van der Waals surface area contributed by atoms with Gasteiger partial charge in [0.1, 0.15) is 5.75 Å². The number of morpholine rings is 2. The predicted octanol–water partition coefficient (Wildman–Crippen LogP) is -0.0188. The van der Waals surface area contributed by atoms with Gasteiger partial charge in [-0.2, -0.15) is 20.1 Å². The first kappa shape index (κ1) is 22.4. The normalized spacial score (nSPS) is 16.8. The van der Waals surface area contributed by atoms with Crippen LogP contribution < -0.4 is 25.1 Å². The Balaban J connectivity index is 1.58. The van der Waals surface area contributed by atoms with Crippen molar-refractivity contribution in [2.45, 2.75) is 0 Å². The number of hydrogen-bond acceptors (Lipinski definition) is 13. The largest absolute Gasteiger partial charge is 0.865 e. The van der Waals surface area contributed by atoms with Crippen LogP contribution in [0.1, 0.15) is 5.56 Å². The van der Waals surface area contributed by atoms with Crippen LogP contribution >= 0.6 is 0 Å². The molecule has 14 heteroatoms. The lowest BCUT2D eigenvalue weighted by Gasteiger charge is -2.30. The van der Waals surface area contributed by atoms with Gasteiger partial charge in [-0.1, -0.05) is 0 Å². The predicted molar refractivity (Wildman–Crippen MR) is 116 cm³/mol.